The van der Waals surface area contributed by atoms with E-state index in [4.69, 9.17) is 16.3 Å². The number of halogens is 1. The van der Waals surface area contributed by atoms with Gasteiger partial charge in [-0.3, -0.25) is 19.6 Å². The van der Waals surface area contributed by atoms with Gasteiger partial charge in [0.2, 0.25) is 5.96 Å². The van der Waals surface area contributed by atoms with Crippen LogP contribution in [-0.2, 0) is 9.53 Å². The summed E-state index contributed by atoms with van der Waals surface area (Å²) in [6, 6.07) is 6.90. The fraction of sp³-hybridized carbons (Fsp3) is 0.524. The van der Waals surface area contributed by atoms with Crippen LogP contribution >= 0.6 is 11.6 Å². The lowest BCUT2D eigenvalue weighted by Gasteiger charge is -2.41. The van der Waals surface area contributed by atoms with Gasteiger partial charge in [-0.05, 0) is 37.8 Å². The van der Waals surface area contributed by atoms with Crippen molar-refractivity contribution in [2.45, 2.75) is 37.8 Å². The molecule has 2 heterocycles. The Bertz CT molecular complexity index is 913. The number of carbonyl (C=O) groups excluding carboxylic acids is 2. The van der Waals surface area contributed by atoms with Gasteiger partial charge < -0.3 is 15.2 Å². The van der Waals surface area contributed by atoms with Gasteiger partial charge in [-0.2, -0.15) is 4.99 Å². The molecule has 1 aromatic rings. The van der Waals surface area contributed by atoms with E-state index in [1.807, 2.05) is 6.07 Å². The van der Waals surface area contributed by atoms with Crippen LogP contribution in [0.2, 0.25) is 5.02 Å². The molecule has 4 rings (SSSR count). The van der Waals surface area contributed by atoms with Gasteiger partial charge in [-0.15, -0.1) is 0 Å². The van der Waals surface area contributed by atoms with Gasteiger partial charge in [0.25, 0.3) is 0 Å². The zero-order chi connectivity index (χ0) is 22.0. The van der Waals surface area contributed by atoms with Crippen molar-refractivity contribution in [3.05, 3.63) is 29.3 Å². The normalized spacial score (nSPS) is 26.0. The molecule has 1 saturated carbocycles. The number of amides is 2. The summed E-state index contributed by atoms with van der Waals surface area (Å²) in [5, 5.41) is 13.5. The Kier molecular flexibility index (Phi) is 6.43. The summed E-state index contributed by atoms with van der Waals surface area (Å²) in [5.74, 6) is 0.264. The first-order valence-electron chi connectivity index (χ1n) is 10.4. The molecule has 0 bridgehead atoms. The van der Waals surface area contributed by atoms with Crippen molar-refractivity contribution < 1.29 is 19.4 Å². The van der Waals surface area contributed by atoms with Crippen LogP contribution in [0.25, 0.3) is 0 Å². The summed E-state index contributed by atoms with van der Waals surface area (Å²) in [7, 11) is 1.29. The largest absolute Gasteiger partial charge is 0.468 e. The van der Waals surface area contributed by atoms with Crippen LogP contribution in [0.5, 0.6) is 0 Å². The number of para-hydroxylation sites is 1. The SMILES string of the molecule is COC(=O)CN1C(=O)N(c2ccccc2Cl)CC2CN=C(NC3CCC(O)CC3)N=C21. The lowest BCUT2D eigenvalue weighted by molar-refractivity contribution is -0.140. The third kappa shape index (κ3) is 4.67. The molecule has 2 aliphatic heterocycles. The third-order valence-electron chi connectivity index (χ3n) is 5.88. The maximum Gasteiger partial charge on any atom is 0.330 e. The van der Waals surface area contributed by atoms with Crippen molar-refractivity contribution in [1.29, 1.82) is 0 Å². The Morgan fingerprint density at radius 3 is 2.74 bits per heavy atom. The minimum atomic E-state index is -0.533. The third-order valence-corrected chi connectivity index (χ3v) is 6.20. The lowest BCUT2D eigenvalue weighted by Crippen LogP contribution is -2.60. The van der Waals surface area contributed by atoms with Gasteiger partial charge >= 0.3 is 12.0 Å². The number of hydrogen-bond acceptors (Lipinski definition) is 7. The number of aliphatic hydroxyl groups excluding tert-OH is 1. The van der Waals surface area contributed by atoms with E-state index in [0.29, 0.717) is 35.6 Å². The molecule has 0 aromatic heterocycles. The molecule has 9 nitrogen and oxygen atoms in total. The molecule has 1 unspecified atom stereocenters. The molecule has 2 N–H and O–H groups in total. The molecule has 1 aliphatic carbocycles. The Labute approximate surface area is 185 Å². The van der Waals surface area contributed by atoms with Crippen LogP contribution in [0.1, 0.15) is 25.7 Å². The number of guanidine groups is 1. The fourth-order valence-electron chi connectivity index (χ4n) is 4.17. The summed E-state index contributed by atoms with van der Waals surface area (Å²) >= 11 is 6.33. The van der Waals surface area contributed by atoms with Gasteiger partial charge in [0.05, 0.1) is 36.4 Å². The summed E-state index contributed by atoms with van der Waals surface area (Å²) < 4.78 is 4.80. The number of carbonyl (C=O) groups is 2. The smallest absolute Gasteiger partial charge is 0.330 e. The number of esters is 1. The number of rotatable bonds is 4. The fourth-order valence-corrected chi connectivity index (χ4v) is 4.41. The van der Waals surface area contributed by atoms with Crippen molar-refractivity contribution in [2.75, 3.05) is 31.6 Å². The minimum absolute atomic E-state index is 0.169. The summed E-state index contributed by atoms with van der Waals surface area (Å²) in [4.78, 5) is 37.5. The first-order valence-corrected chi connectivity index (χ1v) is 10.8. The van der Waals surface area contributed by atoms with Gasteiger partial charge in [-0.25, -0.2) is 4.79 Å². The lowest BCUT2D eigenvalue weighted by atomic mass is 9.93. The van der Waals surface area contributed by atoms with Gasteiger partial charge in [-0.1, -0.05) is 23.7 Å². The van der Waals surface area contributed by atoms with Crippen molar-refractivity contribution >= 4 is 41.1 Å². The number of methoxy groups -OCH3 is 1. The zero-order valence-corrected chi connectivity index (χ0v) is 18.1. The molecule has 0 radical (unpaired) electrons. The predicted octanol–water partition coefficient (Wildman–Crippen LogP) is 2.03. The van der Waals surface area contributed by atoms with Gasteiger partial charge in [0.1, 0.15) is 12.4 Å². The molecule has 0 spiro atoms. The molecule has 1 aromatic carbocycles. The van der Waals surface area contributed by atoms with E-state index in [-0.39, 0.29) is 30.6 Å². The number of ether oxygens (including phenoxy) is 1. The summed E-state index contributed by atoms with van der Waals surface area (Å²) in [5.41, 5.74) is 0.580. The zero-order valence-electron chi connectivity index (χ0n) is 17.3. The van der Waals surface area contributed by atoms with Crippen LogP contribution < -0.4 is 10.2 Å². The number of nitrogens with one attached hydrogen (secondary N) is 1. The van der Waals surface area contributed by atoms with E-state index in [1.54, 1.807) is 23.1 Å². The maximum absolute atomic E-state index is 13.3. The number of nitrogens with zero attached hydrogens (tertiary/aromatic N) is 4. The molecule has 10 heteroatoms. The molecule has 2 amide bonds. The topological polar surface area (TPSA) is 107 Å². The van der Waals surface area contributed by atoms with E-state index < -0.39 is 5.97 Å². The highest BCUT2D eigenvalue weighted by molar-refractivity contribution is 6.34. The highest BCUT2D eigenvalue weighted by atomic mass is 35.5. The van der Waals surface area contributed by atoms with Crippen LogP contribution in [-0.4, -0.2) is 72.7 Å². The average molecular weight is 448 g/mol. The first kappa shape index (κ1) is 21.6. The van der Waals surface area contributed by atoms with Crippen LogP contribution in [0, 0.1) is 5.92 Å². The second kappa shape index (κ2) is 9.23. The molecule has 2 fully saturated rings. The number of benzene rings is 1. The van der Waals surface area contributed by atoms with Gasteiger partial charge in [0, 0.05) is 12.6 Å². The molecule has 31 heavy (non-hydrogen) atoms. The number of amidine groups is 1. The van der Waals surface area contributed by atoms with E-state index in [1.165, 1.54) is 12.0 Å². The molecular formula is C21H26ClN5O4. The number of aliphatic hydroxyl groups is 1. The number of hydrogen-bond donors (Lipinski definition) is 2. The second-order valence-corrected chi connectivity index (χ2v) is 8.40. The molecule has 1 saturated heterocycles. The van der Waals surface area contributed by atoms with Crippen molar-refractivity contribution in [3.63, 3.8) is 0 Å². The standard InChI is InChI=1S/C21H26ClN5O4/c1-31-18(29)12-27-19-13(11-26(21(27)30)17-5-3-2-4-16(17)22)10-23-20(25-19)24-14-6-8-15(28)9-7-14/h2-5,13-15,28H,6-12H2,1H3,(H,23,24). The van der Waals surface area contributed by atoms with Crippen LogP contribution in [0.3, 0.4) is 0 Å². The quantitative estimate of drug-likeness (QED) is 0.687. The molecule has 166 valence electrons. The van der Waals surface area contributed by atoms with Crippen molar-refractivity contribution in [1.82, 2.24) is 10.2 Å². The molecular weight excluding hydrogens is 422 g/mol. The van der Waals surface area contributed by atoms with E-state index >= 15 is 0 Å². The first-order chi connectivity index (χ1) is 15.0. The summed E-state index contributed by atoms with van der Waals surface area (Å²) in [6.07, 6.45) is 2.90. The molecule has 1 atom stereocenters. The Morgan fingerprint density at radius 1 is 1.29 bits per heavy atom. The highest BCUT2D eigenvalue weighted by Gasteiger charge is 2.41. The molecule has 3 aliphatic rings. The Morgan fingerprint density at radius 2 is 2.03 bits per heavy atom. The maximum atomic E-state index is 13.3. The Balaban J connectivity index is 1.58. The summed E-state index contributed by atoms with van der Waals surface area (Å²) in [6.45, 7) is 0.558. The van der Waals surface area contributed by atoms with Gasteiger partial charge in [0.15, 0.2) is 0 Å². The minimum Gasteiger partial charge on any atom is -0.468 e. The average Bonchev–Trinajstić information content (AvgIpc) is 2.77. The van der Waals surface area contributed by atoms with Crippen molar-refractivity contribution in [2.24, 2.45) is 15.9 Å². The number of fused-ring (bicyclic) bond motifs is 1. The predicted molar refractivity (Wildman–Crippen MR) is 118 cm³/mol. The monoisotopic (exact) mass is 447 g/mol. The van der Waals surface area contributed by atoms with Crippen LogP contribution in [0.4, 0.5) is 10.5 Å². The number of anilines is 1. The second-order valence-electron chi connectivity index (χ2n) is 7.99. The number of urea groups is 1. The Hall–Kier alpha value is -2.65. The van der Waals surface area contributed by atoms with E-state index in [0.717, 1.165) is 25.7 Å². The van der Waals surface area contributed by atoms with Crippen LogP contribution in [0.15, 0.2) is 34.3 Å². The van der Waals surface area contributed by atoms with E-state index in [9.17, 15) is 14.7 Å². The number of aliphatic imine (C=N–C) groups is 2. The van der Waals surface area contributed by atoms with E-state index in [2.05, 4.69) is 15.3 Å². The van der Waals surface area contributed by atoms with Crippen molar-refractivity contribution in [3.8, 4) is 0 Å². The highest BCUT2D eigenvalue weighted by Crippen LogP contribution is 2.31.